The third kappa shape index (κ3) is 26.3. The predicted molar refractivity (Wildman–Crippen MR) is 468 cm³/mol. The van der Waals surface area contributed by atoms with E-state index < -0.39 is 138 Å². The Morgan fingerprint density at radius 2 is 0.664 bits per heavy atom. The van der Waals surface area contributed by atoms with Crippen LogP contribution in [0.3, 0.4) is 0 Å². The first kappa shape index (κ1) is 92.1. The van der Waals surface area contributed by atoms with Crippen LogP contribution in [0.4, 0.5) is 0 Å². The van der Waals surface area contributed by atoms with Crippen molar-refractivity contribution >= 4 is 46.7 Å². The minimum Gasteiger partial charge on any atom is -0.497 e. The molecule has 658 valence electrons. The summed E-state index contributed by atoms with van der Waals surface area (Å²) in [4.78, 5) is 30.8. The molecular formula is C100H106Cl3NO21. The summed E-state index contributed by atoms with van der Waals surface area (Å²) in [6.07, 6.45) is -23.4. The highest BCUT2D eigenvalue weighted by molar-refractivity contribution is 6.76. The van der Waals surface area contributed by atoms with Crippen LogP contribution in [-0.4, -0.2) is 159 Å². The van der Waals surface area contributed by atoms with Crippen LogP contribution in [-0.2, 0) is 161 Å². The van der Waals surface area contributed by atoms with Crippen molar-refractivity contribution in [1.82, 2.24) is 5.32 Å². The molecule has 1 N–H and O–H groups in total. The lowest BCUT2D eigenvalue weighted by atomic mass is 9.94. The summed E-state index contributed by atoms with van der Waals surface area (Å²) in [6.45, 7) is 7.55. The minimum atomic E-state index is -2.58. The Hall–Kier alpha value is -9.13. The maximum absolute atomic E-state index is 15.8. The molecule has 4 heterocycles. The Labute approximate surface area is 745 Å². The topological polar surface area (TPSA) is 222 Å². The van der Waals surface area contributed by atoms with E-state index in [1.807, 2.05) is 311 Å². The molecule has 0 unspecified atom stereocenters. The molecule has 4 aliphatic rings. The number of carbonyl (C=O) groups excluding carboxylic acids is 2. The lowest BCUT2D eigenvalue weighted by Gasteiger charge is -2.52. The van der Waals surface area contributed by atoms with Gasteiger partial charge in [0.1, 0.15) is 91.6 Å². The van der Waals surface area contributed by atoms with Gasteiger partial charge in [-0.3, -0.25) is 4.79 Å². The maximum atomic E-state index is 15.8. The highest BCUT2D eigenvalue weighted by atomic mass is 35.6. The van der Waals surface area contributed by atoms with Gasteiger partial charge in [0, 0.05) is 0 Å². The summed E-state index contributed by atoms with van der Waals surface area (Å²) < 4.78 is 133. The molecule has 0 saturated carbocycles. The molecule has 0 aromatic heterocycles. The molecule has 0 bridgehead atoms. The summed E-state index contributed by atoms with van der Waals surface area (Å²) in [5.41, 5.74) is 7.92. The molecule has 14 rings (SSSR count). The zero-order valence-electron chi connectivity index (χ0n) is 69.8. The summed E-state index contributed by atoms with van der Waals surface area (Å²) in [5, 5.41) is 3.03. The number of esters is 1. The fourth-order valence-electron chi connectivity index (χ4n) is 15.5. The maximum Gasteiger partial charge on any atom is 0.338 e. The molecule has 0 aliphatic carbocycles. The second-order valence-electron chi connectivity index (χ2n) is 30.9. The number of amides is 1. The molecule has 0 radical (unpaired) electrons. The molecule has 125 heavy (non-hydrogen) atoms. The Morgan fingerprint density at radius 3 is 1.04 bits per heavy atom. The fraction of sp³-hybridized carbons (Fsp3) is 0.360. The van der Waals surface area contributed by atoms with Gasteiger partial charge in [0.15, 0.2) is 31.3 Å². The van der Waals surface area contributed by atoms with E-state index >= 15 is 9.59 Å². The van der Waals surface area contributed by atoms with Crippen LogP contribution in [0.15, 0.2) is 310 Å². The standard InChI is InChI=1S/C100H106Cl3NO21/c1-5-55-109-96-91(117-63-76-47-29-13-30-48-76)88(116-62-75-45-27-12-28-46-75)89(90(123-96)94(105)118-65-77-49-31-14-32-50-77)122-97-93(87(114-61-74-43-25-11-26-44-74)83(67(2)119-97)111-58-71-37-19-8-20-38-71)125-98-92(86(115-64-78-51-53-79(107-4)54-52-78)82(68(3)120-98)110-57-70-35-17-7-18-36-70)124-95-81(104-99(106)100(101,102)103)85(113-60-73-41-23-10-24-42-73)84(112-59-72-39-21-9-22-40-72)80(121-95)66-108-56-69-33-15-6-16-34-69/h5-54,67-68,80-93,95-98H,1,55-66H2,2-4H3,(H,104,106)/t67-,68-,80+,81+,82-,83-,84-,85+,86+,87+,88-,89+,90-,91+,92+,93+,95+,96+,97-,98-/m0/s1. The molecule has 1 amide bonds. The molecule has 10 aromatic rings. The third-order valence-electron chi connectivity index (χ3n) is 21.9. The monoisotopic (exact) mass is 1760 g/mol. The molecule has 4 aliphatic heterocycles. The Balaban J connectivity index is 0.948. The van der Waals surface area contributed by atoms with Crippen LogP contribution in [0, 0.1) is 0 Å². The van der Waals surface area contributed by atoms with E-state index in [1.54, 1.807) is 13.2 Å². The lowest BCUT2D eigenvalue weighted by molar-refractivity contribution is -0.405. The Bertz CT molecular complexity index is 4800. The van der Waals surface area contributed by atoms with Crippen molar-refractivity contribution in [1.29, 1.82) is 0 Å². The average Bonchev–Trinajstić information content (AvgIpc) is 0.756. The number of ether oxygens (including phenoxy) is 19. The zero-order valence-corrected chi connectivity index (χ0v) is 72.1. The van der Waals surface area contributed by atoms with Gasteiger partial charge >= 0.3 is 5.97 Å². The summed E-state index contributed by atoms with van der Waals surface area (Å²) in [7, 11) is 1.59. The van der Waals surface area contributed by atoms with Gasteiger partial charge in [-0.1, -0.05) is 326 Å². The van der Waals surface area contributed by atoms with Gasteiger partial charge in [-0.15, -0.1) is 6.58 Å². The summed E-state index contributed by atoms with van der Waals surface area (Å²) in [5.74, 6) is -1.29. The largest absolute Gasteiger partial charge is 0.497 e. The first-order valence-electron chi connectivity index (χ1n) is 42.0. The number of hydrogen-bond acceptors (Lipinski definition) is 21. The number of halogens is 3. The predicted octanol–water partition coefficient (Wildman–Crippen LogP) is 16.8. The van der Waals surface area contributed by atoms with Crippen molar-refractivity contribution in [2.45, 2.75) is 206 Å². The third-order valence-corrected chi connectivity index (χ3v) is 22.4. The molecule has 4 fully saturated rings. The van der Waals surface area contributed by atoms with Crippen molar-refractivity contribution in [2.24, 2.45) is 0 Å². The second kappa shape index (κ2) is 47.1. The van der Waals surface area contributed by atoms with E-state index in [0.29, 0.717) is 11.3 Å². The van der Waals surface area contributed by atoms with Crippen molar-refractivity contribution in [3.05, 3.63) is 366 Å². The molecule has 0 spiro atoms. The van der Waals surface area contributed by atoms with Crippen LogP contribution >= 0.6 is 34.8 Å². The zero-order chi connectivity index (χ0) is 86.5. The fourth-order valence-corrected chi connectivity index (χ4v) is 15.6. The van der Waals surface area contributed by atoms with Gasteiger partial charge in [-0.05, 0) is 81.6 Å². The molecule has 22 nitrogen and oxygen atoms in total. The number of methoxy groups -OCH3 is 1. The van der Waals surface area contributed by atoms with Gasteiger partial charge in [0.25, 0.3) is 9.70 Å². The molecule has 10 aromatic carbocycles. The van der Waals surface area contributed by atoms with Gasteiger partial charge in [0.2, 0.25) is 0 Å². The normalized spacial score (nSPS) is 26.3. The highest BCUT2D eigenvalue weighted by Crippen LogP contribution is 2.42. The number of hydrogen-bond donors (Lipinski definition) is 1. The Morgan fingerprint density at radius 1 is 0.344 bits per heavy atom. The molecular weight excluding hydrogens is 1660 g/mol. The van der Waals surface area contributed by atoms with Crippen molar-refractivity contribution in [2.75, 3.05) is 20.3 Å². The Kier molecular flexibility index (Phi) is 34.7. The van der Waals surface area contributed by atoms with E-state index in [0.717, 1.165) is 50.1 Å². The van der Waals surface area contributed by atoms with E-state index in [4.69, 9.17) is 125 Å². The summed E-state index contributed by atoms with van der Waals surface area (Å²) >= 11 is 20.1. The smallest absolute Gasteiger partial charge is 0.338 e. The molecule has 4 saturated heterocycles. The SMILES string of the molecule is C=CCO[C@@H]1O[C@H](C(=O)OCc2ccccc2)[C@H](O[C@@H]2O[C@@H](C)[C@H](OCc3ccccc3)[C@@H](OCc3ccccc3)[C@H]2O[C@@H]2O[C@@H](C)[C@H](OCc3ccccc3)[C@@H](OCc3ccc(OC)cc3)[C@H]2O[C@H]2O[C@H](COCc3ccccc3)[C@H](OCc3ccccc3)[C@H](OCc3ccccc3)[C@H]2NC(=O)C(Cl)(Cl)Cl)[C@H](OCc2ccccc2)[C@H]1OCc1ccccc1. The first-order valence-corrected chi connectivity index (χ1v) is 43.2. The molecule has 20 atom stereocenters. The number of rotatable bonds is 42. The van der Waals surface area contributed by atoms with E-state index in [-0.39, 0.29) is 79.3 Å². The van der Waals surface area contributed by atoms with Crippen LogP contribution in [0.5, 0.6) is 5.75 Å². The average molecular weight is 1760 g/mol. The lowest BCUT2D eigenvalue weighted by Crippen LogP contribution is -2.70. The minimum absolute atomic E-state index is 0.0194. The number of alkyl halides is 3. The number of carbonyl (C=O) groups is 2. The van der Waals surface area contributed by atoms with E-state index in [1.165, 1.54) is 0 Å². The number of benzene rings is 10. The van der Waals surface area contributed by atoms with Crippen LogP contribution in [0.1, 0.15) is 69.5 Å². The molecule has 25 heteroatoms. The second-order valence-corrected chi connectivity index (χ2v) is 33.1. The van der Waals surface area contributed by atoms with E-state index in [2.05, 4.69) is 11.9 Å². The van der Waals surface area contributed by atoms with Gasteiger partial charge < -0.3 is 95.3 Å². The van der Waals surface area contributed by atoms with Crippen molar-refractivity contribution in [3.63, 3.8) is 0 Å². The van der Waals surface area contributed by atoms with E-state index in [9.17, 15) is 0 Å². The quantitative estimate of drug-likeness (QED) is 0.0213. The van der Waals surface area contributed by atoms with Gasteiger partial charge in [0.05, 0.1) is 92.0 Å². The van der Waals surface area contributed by atoms with Crippen LogP contribution in [0.25, 0.3) is 0 Å². The first-order chi connectivity index (χ1) is 61.2. The highest BCUT2D eigenvalue weighted by Gasteiger charge is 2.60. The van der Waals surface area contributed by atoms with Crippen LogP contribution < -0.4 is 10.1 Å². The van der Waals surface area contributed by atoms with Crippen molar-refractivity contribution in [3.8, 4) is 5.75 Å². The number of nitrogens with one attached hydrogen (secondary N) is 1. The van der Waals surface area contributed by atoms with Gasteiger partial charge in [-0.25, -0.2) is 4.79 Å². The van der Waals surface area contributed by atoms with Crippen LogP contribution in [0.2, 0.25) is 0 Å². The van der Waals surface area contributed by atoms with Gasteiger partial charge in [-0.2, -0.15) is 0 Å². The van der Waals surface area contributed by atoms with Crippen molar-refractivity contribution < 1.29 is 99.6 Å². The summed E-state index contributed by atoms with van der Waals surface area (Å²) in [6, 6.07) is 92.2.